The van der Waals surface area contributed by atoms with Gasteiger partial charge in [-0.15, -0.1) is 0 Å². The van der Waals surface area contributed by atoms with Gasteiger partial charge in [-0.3, -0.25) is 4.79 Å². The molecule has 0 bridgehead atoms. The monoisotopic (exact) mass is 642 g/mol. The number of likely N-dealkylation sites (tertiary alicyclic amines) is 1. The third-order valence-electron chi connectivity index (χ3n) is 10.3. The standard InChI is InChI=1S/C39H51FN4O3/c1-27(2)31-8-6-7-9-32(31)33-21-30(40)14-15-34(33)46-35-22-41-26-42-37(35)44-19-17-39(25-44)16-18-43(24-39)23-29-12-10-28(11-13-29)20-36(45)47-38(3,4)5/h6-9,14-15,21-22,26-29H,10-13,16-20,23-25H2,1-5H3. The molecule has 0 radical (unpaired) electrons. The lowest BCUT2D eigenvalue weighted by Crippen LogP contribution is -2.34. The SMILES string of the molecule is CC(C)c1ccccc1-c1cc(F)ccc1Oc1cncnc1N1CCC2(CCN(CC3CCC(CC(=O)OC(C)(C)C)CC3)C2)C1. The first kappa shape index (κ1) is 33.4. The summed E-state index contributed by atoms with van der Waals surface area (Å²) in [5.41, 5.74) is 2.68. The molecule has 1 aromatic heterocycles. The minimum Gasteiger partial charge on any atom is -0.460 e. The van der Waals surface area contributed by atoms with E-state index in [1.54, 1.807) is 24.7 Å². The summed E-state index contributed by atoms with van der Waals surface area (Å²) in [4.78, 5) is 26.4. The smallest absolute Gasteiger partial charge is 0.306 e. The first-order valence-electron chi connectivity index (χ1n) is 17.5. The van der Waals surface area contributed by atoms with Crippen molar-refractivity contribution in [2.24, 2.45) is 17.3 Å². The average Bonchev–Trinajstić information content (AvgIpc) is 3.63. The number of anilines is 1. The van der Waals surface area contributed by atoms with Crippen molar-refractivity contribution in [2.45, 2.75) is 91.1 Å². The van der Waals surface area contributed by atoms with Gasteiger partial charge < -0.3 is 19.3 Å². The first-order valence-corrected chi connectivity index (χ1v) is 17.5. The normalized spacial score (nSPS) is 23.5. The summed E-state index contributed by atoms with van der Waals surface area (Å²) in [5.74, 6) is 3.07. The lowest BCUT2D eigenvalue weighted by Gasteiger charge is -2.32. The van der Waals surface area contributed by atoms with E-state index in [2.05, 4.69) is 34.7 Å². The highest BCUT2D eigenvalue weighted by molar-refractivity contribution is 5.75. The number of carbonyl (C=O) groups is 1. The van der Waals surface area contributed by atoms with Crippen LogP contribution in [0.1, 0.15) is 91.0 Å². The molecule has 3 aliphatic rings. The molecule has 1 aliphatic carbocycles. The molecule has 0 N–H and O–H groups in total. The lowest BCUT2D eigenvalue weighted by molar-refractivity contribution is -0.156. The molecule has 2 aliphatic heterocycles. The van der Waals surface area contributed by atoms with Crippen molar-refractivity contribution in [1.82, 2.24) is 14.9 Å². The van der Waals surface area contributed by atoms with E-state index in [0.717, 1.165) is 74.5 Å². The van der Waals surface area contributed by atoms with Crippen LogP contribution in [0, 0.1) is 23.1 Å². The average molecular weight is 643 g/mol. The molecule has 1 unspecified atom stereocenters. The predicted octanol–water partition coefficient (Wildman–Crippen LogP) is 8.64. The number of hydrogen-bond acceptors (Lipinski definition) is 7. The van der Waals surface area contributed by atoms with Crippen LogP contribution in [-0.2, 0) is 9.53 Å². The number of rotatable bonds is 9. The number of ether oxygens (including phenoxy) is 2. The maximum absolute atomic E-state index is 14.6. The topological polar surface area (TPSA) is 67.8 Å². The van der Waals surface area contributed by atoms with Gasteiger partial charge in [0.15, 0.2) is 11.6 Å². The summed E-state index contributed by atoms with van der Waals surface area (Å²) >= 11 is 0. The highest BCUT2D eigenvalue weighted by atomic mass is 19.1. The molecule has 0 amide bonds. The van der Waals surface area contributed by atoms with E-state index in [0.29, 0.717) is 29.8 Å². The Bertz CT molecular complexity index is 1550. The Labute approximate surface area is 279 Å². The van der Waals surface area contributed by atoms with Gasteiger partial charge in [-0.2, -0.15) is 0 Å². The number of hydrogen-bond donors (Lipinski definition) is 0. The molecule has 47 heavy (non-hydrogen) atoms. The van der Waals surface area contributed by atoms with E-state index in [-0.39, 0.29) is 23.1 Å². The molecule has 3 fully saturated rings. The Kier molecular flexibility index (Phi) is 9.88. The van der Waals surface area contributed by atoms with Crippen molar-refractivity contribution in [3.05, 3.63) is 66.4 Å². The molecule has 252 valence electrons. The summed E-state index contributed by atoms with van der Waals surface area (Å²) in [5, 5.41) is 0. The molecule has 2 aromatic carbocycles. The largest absolute Gasteiger partial charge is 0.460 e. The van der Waals surface area contributed by atoms with Crippen LogP contribution in [0.25, 0.3) is 11.1 Å². The second kappa shape index (κ2) is 13.9. The Morgan fingerprint density at radius 3 is 2.49 bits per heavy atom. The van der Waals surface area contributed by atoms with Crippen LogP contribution in [0.2, 0.25) is 0 Å². The third-order valence-corrected chi connectivity index (χ3v) is 10.3. The highest BCUT2D eigenvalue weighted by Gasteiger charge is 2.44. The molecule has 8 heteroatoms. The van der Waals surface area contributed by atoms with Crippen molar-refractivity contribution >= 4 is 11.8 Å². The van der Waals surface area contributed by atoms with E-state index >= 15 is 0 Å². The van der Waals surface area contributed by atoms with E-state index in [1.807, 2.05) is 39.0 Å². The molecule has 3 aromatic rings. The zero-order chi connectivity index (χ0) is 33.2. The molecule has 3 heterocycles. The van der Waals surface area contributed by atoms with Crippen molar-refractivity contribution < 1.29 is 18.7 Å². The van der Waals surface area contributed by atoms with Gasteiger partial charge in [0.25, 0.3) is 0 Å². The van der Waals surface area contributed by atoms with Crippen LogP contribution in [0.15, 0.2) is 55.0 Å². The van der Waals surface area contributed by atoms with Gasteiger partial charge in [-0.25, -0.2) is 14.4 Å². The summed E-state index contributed by atoms with van der Waals surface area (Å²) in [6.07, 6.45) is 10.8. The molecule has 2 saturated heterocycles. The highest BCUT2D eigenvalue weighted by Crippen LogP contribution is 2.45. The Balaban J connectivity index is 1.08. The summed E-state index contributed by atoms with van der Waals surface area (Å²) in [6.45, 7) is 15.3. The molecular weight excluding hydrogens is 591 g/mol. The Morgan fingerprint density at radius 2 is 1.72 bits per heavy atom. The lowest BCUT2D eigenvalue weighted by atomic mass is 9.80. The van der Waals surface area contributed by atoms with Crippen molar-refractivity contribution in [2.75, 3.05) is 37.6 Å². The molecule has 7 nitrogen and oxygen atoms in total. The van der Waals surface area contributed by atoms with Crippen LogP contribution in [-0.4, -0.2) is 59.2 Å². The van der Waals surface area contributed by atoms with E-state index in [9.17, 15) is 9.18 Å². The predicted molar refractivity (Wildman–Crippen MR) is 184 cm³/mol. The van der Waals surface area contributed by atoms with Gasteiger partial charge >= 0.3 is 5.97 Å². The summed E-state index contributed by atoms with van der Waals surface area (Å²) in [7, 11) is 0. The van der Waals surface area contributed by atoms with Gasteiger partial charge in [0, 0.05) is 43.6 Å². The van der Waals surface area contributed by atoms with Crippen molar-refractivity contribution in [3.63, 3.8) is 0 Å². The van der Waals surface area contributed by atoms with Crippen LogP contribution in [0.3, 0.4) is 0 Å². The van der Waals surface area contributed by atoms with Gasteiger partial charge in [0.2, 0.25) is 0 Å². The van der Waals surface area contributed by atoms with E-state index < -0.39 is 5.60 Å². The number of nitrogens with zero attached hydrogens (tertiary/aromatic N) is 4. The van der Waals surface area contributed by atoms with E-state index in [4.69, 9.17) is 14.5 Å². The zero-order valence-electron chi connectivity index (χ0n) is 28.8. The number of esters is 1. The van der Waals surface area contributed by atoms with Gasteiger partial charge in [0.1, 0.15) is 23.5 Å². The molecule has 1 saturated carbocycles. The van der Waals surface area contributed by atoms with Crippen LogP contribution in [0.4, 0.5) is 10.2 Å². The Morgan fingerprint density at radius 1 is 0.979 bits per heavy atom. The molecule has 1 atom stereocenters. The number of halogens is 1. The van der Waals surface area contributed by atoms with Crippen LogP contribution in [0.5, 0.6) is 11.5 Å². The fourth-order valence-electron chi connectivity index (χ4n) is 8.02. The van der Waals surface area contributed by atoms with Crippen LogP contribution >= 0.6 is 0 Å². The van der Waals surface area contributed by atoms with Gasteiger partial charge in [-0.1, -0.05) is 38.1 Å². The summed E-state index contributed by atoms with van der Waals surface area (Å²) in [6, 6.07) is 12.9. The molecule has 6 rings (SSSR count). The minimum atomic E-state index is -0.413. The quantitative estimate of drug-likeness (QED) is 0.217. The van der Waals surface area contributed by atoms with Crippen LogP contribution < -0.4 is 9.64 Å². The second-order valence-corrected chi connectivity index (χ2v) is 15.5. The van der Waals surface area contributed by atoms with Crippen molar-refractivity contribution in [1.29, 1.82) is 0 Å². The minimum absolute atomic E-state index is 0.0555. The molecular formula is C39H51FN4O3. The fourth-order valence-corrected chi connectivity index (χ4v) is 8.02. The fraction of sp³-hybridized carbons (Fsp3) is 0.564. The second-order valence-electron chi connectivity index (χ2n) is 15.5. The summed E-state index contributed by atoms with van der Waals surface area (Å²) < 4.78 is 26.7. The van der Waals surface area contributed by atoms with Gasteiger partial charge in [-0.05, 0) is 113 Å². The van der Waals surface area contributed by atoms with Gasteiger partial charge in [0.05, 0.1) is 6.20 Å². The molecule has 1 spiro atoms. The first-order chi connectivity index (χ1) is 22.5. The van der Waals surface area contributed by atoms with E-state index in [1.165, 1.54) is 25.3 Å². The number of carbonyl (C=O) groups excluding carboxylic acids is 1. The maximum Gasteiger partial charge on any atom is 0.306 e. The number of benzene rings is 2. The van der Waals surface area contributed by atoms with Crippen molar-refractivity contribution in [3.8, 4) is 22.6 Å². The third kappa shape index (κ3) is 8.14. The number of aromatic nitrogens is 2. The Hall–Kier alpha value is -3.52. The maximum atomic E-state index is 14.6. The zero-order valence-corrected chi connectivity index (χ0v) is 28.8.